The number of ether oxygens (including phenoxy) is 2. The average Bonchev–Trinajstić information content (AvgIpc) is 3.86. The van der Waals surface area contributed by atoms with Crippen molar-refractivity contribution in [2.45, 2.75) is 13.8 Å². The molecule has 0 amide bonds. The molecule has 0 N–H and O–H groups in total. The van der Waals surface area contributed by atoms with Gasteiger partial charge >= 0.3 is 0 Å². The van der Waals surface area contributed by atoms with Crippen LogP contribution in [0, 0.1) is 13.8 Å². The molecule has 10 aromatic carbocycles. The molecule has 6 nitrogen and oxygen atoms in total. The zero-order chi connectivity index (χ0) is 42.9. The van der Waals surface area contributed by atoms with Crippen LogP contribution in [0.2, 0.25) is 0 Å². The summed E-state index contributed by atoms with van der Waals surface area (Å²) in [5.74, 6) is 2.29. The van der Waals surface area contributed by atoms with Crippen LogP contribution in [0.5, 0.6) is 23.0 Å². The van der Waals surface area contributed by atoms with Crippen LogP contribution in [0.1, 0.15) is 11.1 Å². The minimum Gasteiger partial charge on any atom is -0.456 e. The van der Waals surface area contributed by atoms with Crippen LogP contribution in [0.3, 0.4) is 0 Å². The second-order valence-electron chi connectivity index (χ2n) is 17.7. The lowest BCUT2D eigenvalue weighted by atomic mass is 9.98. The highest BCUT2D eigenvalue weighted by atomic mass is 31.2. The van der Waals surface area contributed by atoms with E-state index in [1.807, 2.05) is 43.3 Å². The minimum atomic E-state index is -3.70. The Hall–Kier alpha value is -8.05. The molecule has 15 rings (SSSR count). The SMILES string of the molecule is Cc1ccc(N2c3ccc(-c4ccc5oc6cc7ccccc7cc6c5c4)c4c3P3(=O)c5c(cc(C)cc5Oc5c(-c6ccc7oc8cc9ccccc9cc8c7c6)ccc2c53)O4)cc1. The van der Waals surface area contributed by atoms with Gasteiger partial charge in [-0.2, -0.15) is 0 Å². The fourth-order valence-corrected chi connectivity index (χ4v) is 14.3. The number of benzene rings is 10. The zero-order valence-electron chi connectivity index (χ0n) is 35.1. The third-order valence-electron chi connectivity index (χ3n) is 13.8. The van der Waals surface area contributed by atoms with Gasteiger partial charge in [0.25, 0.3) is 0 Å². The Balaban J connectivity index is 1.00. The molecule has 3 aliphatic heterocycles. The topological polar surface area (TPSA) is 65.1 Å². The number of aryl methyl sites for hydroxylation is 2. The lowest BCUT2D eigenvalue weighted by Gasteiger charge is -2.44. The standard InChI is InChI=1S/C58H34NO5P/c1-31-11-15-39(16-12-31)59-46-19-17-40(37-13-21-48-42(27-37)44-25-33-7-3-5-9-35(33)29-50(44)61-48)54-56(46)65(60)57-47(59)20-18-41(55(57)64-53-24-32(2)23-52(63-54)58(53)65)38-14-22-49-43(28-38)45-26-34-8-4-6-10-36(34)30-51(45)62-49/h3-30H,1-2H3. The first-order valence-electron chi connectivity index (χ1n) is 21.9. The molecular formula is C58H34NO5P. The number of hydrogen-bond donors (Lipinski definition) is 0. The summed E-state index contributed by atoms with van der Waals surface area (Å²) in [7, 11) is -3.70. The molecule has 0 unspecified atom stereocenters. The highest BCUT2D eigenvalue weighted by Gasteiger charge is 2.54. The van der Waals surface area contributed by atoms with Gasteiger partial charge in [0.05, 0.1) is 22.0 Å². The molecule has 0 saturated heterocycles. The van der Waals surface area contributed by atoms with E-state index in [-0.39, 0.29) is 0 Å². The first-order chi connectivity index (χ1) is 31.9. The van der Waals surface area contributed by atoms with E-state index < -0.39 is 7.14 Å². The van der Waals surface area contributed by atoms with E-state index in [2.05, 4.69) is 145 Å². The summed E-state index contributed by atoms with van der Waals surface area (Å²) in [5, 5.41) is 10.6. The van der Waals surface area contributed by atoms with Gasteiger partial charge in [-0.3, -0.25) is 0 Å². The van der Waals surface area contributed by atoms with Gasteiger partial charge in [-0.05, 0) is 149 Å². The van der Waals surface area contributed by atoms with Gasteiger partial charge in [-0.25, -0.2) is 0 Å². The maximum atomic E-state index is 17.2. The number of rotatable bonds is 3. The normalized spacial score (nSPS) is 14.1. The maximum absolute atomic E-state index is 17.2. The van der Waals surface area contributed by atoms with Gasteiger partial charge in [0, 0.05) is 38.4 Å². The smallest absolute Gasteiger partial charge is 0.189 e. The molecular weight excluding hydrogens is 822 g/mol. The molecule has 0 radical (unpaired) electrons. The highest BCUT2D eigenvalue weighted by molar-refractivity contribution is 7.87. The average molecular weight is 856 g/mol. The second-order valence-corrected chi connectivity index (χ2v) is 20.3. The monoisotopic (exact) mass is 855 g/mol. The highest BCUT2D eigenvalue weighted by Crippen LogP contribution is 2.67. The molecule has 7 heteroatoms. The maximum Gasteiger partial charge on any atom is 0.189 e. The van der Waals surface area contributed by atoms with Crippen LogP contribution in [0.25, 0.3) is 87.7 Å². The van der Waals surface area contributed by atoms with Crippen molar-refractivity contribution in [3.05, 3.63) is 181 Å². The van der Waals surface area contributed by atoms with Crippen molar-refractivity contribution in [2.75, 3.05) is 4.90 Å². The minimum absolute atomic E-state index is 0.555. The third-order valence-corrected chi connectivity index (χ3v) is 17.0. The van der Waals surface area contributed by atoms with E-state index in [9.17, 15) is 0 Å². The number of nitrogens with zero attached hydrogens (tertiary/aromatic N) is 1. The fraction of sp³-hybridized carbons (Fsp3) is 0.0345. The van der Waals surface area contributed by atoms with Gasteiger partial charge in [0.2, 0.25) is 0 Å². The molecule has 0 aliphatic carbocycles. The first-order valence-corrected chi connectivity index (χ1v) is 23.6. The number of furan rings is 2. The summed E-state index contributed by atoms with van der Waals surface area (Å²) in [6.07, 6.45) is 0. The number of anilines is 3. The summed E-state index contributed by atoms with van der Waals surface area (Å²) in [6.45, 7) is 4.12. The lowest BCUT2D eigenvalue weighted by molar-refractivity contribution is 0.462. The number of fused-ring (bicyclic) bond motifs is 8. The Morgan fingerprint density at radius 3 is 1.37 bits per heavy atom. The summed E-state index contributed by atoms with van der Waals surface area (Å²) in [4.78, 5) is 2.23. The molecule has 306 valence electrons. The van der Waals surface area contributed by atoms with E-state index >= 15 is 4.57 Å². The molecule has 2 aromatic heterocycles. The van der Waals surface area contributed by atoms with Crippen molar-refractivity contribution < 1.29 is 22.9 Å². The molecule has 0 spiro atoms. The van der Waals surface area contributed by atoms with Gasteiger partial charge in [0.1, 0.15) is 50.6 Å². The molecule has 5 heterocycles. The zero-order valence-corrected chi connectivity index (χ0v) is 36.0. The van der Waals surface area contributed by atoms with E-state index in [4.69, 9.17) is 18.3 Å². The van der Waals surface area contributed by atoms with Crippen molar-refractivity contribution in [3.63, 3.8) is 0 Å². The van der Waals surface area contributed by atoms with Gasteiger partial charge in [0.15, 0.2) is 7.14 Å². The van der Waals surface area contributed by atoms with Crippen LogP contribution in [0.4, 0.5) is 17.1 Å². The van der Waals surface area contributed by atoms with Crippen molar-refractivity contribution in [3.8, 4) is 45.3 Å². The quantitative estimate of drug-likeness (QED) is 0.165. The van der Waals surface area contributed by atoms with Gasteiger partial charge in [-0.15, -0.1) is 0 Å². The van der Waals surface area contributed by atoms with Crippen molar-refractivity contribution >= 4 is 106 Å². The van der Waals surface area contributed by atoms with E-state index in [1.165, 1.54) is 0 Å². The summed E-state index contributed by atoms with van der Waals surface area (Å²) >= 11 is 0. The van der Waals surface area contributed by atoms with E-state index in [0.717, 1.165) is 116 Å². The predicted octanol–water partition coefficient (Wildman–Crippen LogP) is 15.4. The summed E-state index contributed by atoms with van der Waals surface area (Å²) in [5.41, 5.74) is 11.6. The Bertz CT molecular complexity index is 3960. The van der Waals surface area contributed by atoms with Crippen molar-refractivity contribution in [1.82, 2.24) is 0 Å². The molecule has 0 atom stereocenters. The lowest BCUT2D eigenvalue weighted by Crippen LogP contribution is -2.42. The molecule has 65 heavy (non-hydrogen) atoms. The van der Waals surface area contributed by atoms with Crippen LogP contribution < -0.4 is 30.3 Å². The third kappa shape index (κ3) is 4.71. The number of hydrogen-bond acceptors (Lipinski definition) is 6. The van der Waals surface area contributed by atoms with E-state index in [0.29, 0.717) is 38.9 Å². The molecule has 3 aliphatic rings. The van der Waals surface area contributed by atoms with Crippen LogP contribution in [0.15, 0.2) is 179 Å². The largest absolute Gasteiger partial charge is 0.456 e. The summed E-state index contributed by atoms with van der Waals surface area (Å²) < 4.78 is 44.4. The molecule has 0 fully saturated rings. The fourth-order valence-electron chi connectivity index (χ4n) is 10.8. The van der Waals surface area contributed by atoms with Gasteiger partial charge in [-0.1, -0.05) is 78.4 Å². The van der Waals surface area contributed by atoms with Crippen molar-refractivity contribution in [1.29, 1.82) is 0 Å². The summed E-state index contributed by atoms with van der Waals surface area (Å²) in [6, 6.07) is 59.0. The van der Waals surface area contributed by atoms with Gasteiger partial charge < -0.3 is 27.8 Å². The Kier molecular flexibility index (Phi) is 6.73. The van der Waals surface area contributed by atoms with Crippen molar-refractivity contribution in [2.24, 2.45) is 0 Å². The molecule has 12 aromatic rings. The van der Waals surface area contributed by atoms with E-state index in [1.54, 1.807) is 0 Å². The predicted molar refractivity (Wildman–Crippen MR) is 264 cm³/mol. The molecule has 0 bridgehead atoms. The van der Waals surface area contributed by atoms with Crippen LogP contribution in [-0.4, -0.2) is 0 Å². The Morgan fingerprint density at radius 2 is 0.877 bits per heavy atom. The Morgan fingerprint density at radius 1 is 0.415 bits per heavy atom. The molecule has 0 saturated carbocycles. The first kappa shape index (κ1) is 35.4. The van der Waals surface area contributed by atoms with Crippen LogP contribution >= 0.6 is 7.14 Å². The Labute approximate surface area is 371 Å². The van der Waals surface area contributed by atoms with Crippen LogP contribution in [-0.2, 0) is 4.57 Å². The second kappa shape index (κ2) is 12.4.